The van der Waals surface area contributed by atoms with Crippen LogP contribution in [0.1, 0.15) is 25.7 Å². The Labute approximate surface area is 114 Å². The van der Waals surface area contributed by atoms with E-state index in [9.17, 15) is 9.59 Å². The fourth-order valence-corrected chi connectivity index (χ4v) is 2.37. The molecule has 110 valence electrons. The Morgan fingerprint density at radius 3 is 2.89 bits per heavy atom. The van der Waals surface area contributed by atoms with Gasteiger partial charge in [0.15, 0.2) is 0 Å². The molecule has 19 heavy (non-hydrogen) atoms. The Balaban J connectivity index is 2.14. The van der Waals surface area contributed by atoms with Crippen LogP contribution in [0.15, 0.2) is 0 Å². The van der Waals surface area contributed by atoms with E-state index in [-0.39, 0.29) is 11.9 Å². The minimum atomic E-state index is -0.233. The monoisotopic (exact) mass is 271 g/mol. The van der Waals surface area contributed by atoms with E-state index in [2.05, 4.69) is 20.3 Å². The number of nitrogens with zero attached hydrogens (tertiary/aromatic N) is 1. The standard InChI is InChI=1S/C13H25N3O3/c1-14-9-11-5-4-8-16(11)10-12(17)15-7-3-6-13(18)19-2/h11,14H,3-10H2,1-2H3,(H,15,17). The third-order valence-electron chi connectivity index (χ3n) is 3.39. The Hall–Kier alpha value is -1.14. The molecule has 0 spiro atoms. The normalized spacial score (nSPS) is 19.4. The van der Waals surface area contributed by atoms with E-state index in [0.717, 1.165) is 25.9 Å². The maximum atomic E-state index is 11.8. The molecule has 0 aromatic rings. The van der Waals surface area contributed by atoms with Gasteiger partial charge in [0.1, 0.15) is 0 Å². The molecular weight excluding hydrogens is 246 g/mol. The third kappa shape index (κ3) is 6.02. The van der Waals surface area contributed by atoms with Gasteiger partial charge < -0.3 is 15.4 Å². The first-order valence-corrected chi connectivity index (χ1v) is 6.89. The lowest BCUT2D eigenvalue weighted by Gasteiger charge is -2.23. The van der Waals surface area contributed by atoms with Crippen LogP contribution in [-0.2, 0) is 14.3 Å². The maximum Gasteiger partial charge on any atom is 0.305 e. The summed E-state index contributed by atoms with van der Waals surface area (Å²) in [4.78, 5) is 24.9. The van der Waals surface area contributed by atoms with Gasteiger partial charge in [-0.3, -0.25) is 14.5 Å². The number of amides is 1. The summed E-state index contributed by atoms with van der Waals surface area (Å²) in [5.41, 5.74) is 0. The molecule has 0 radical (unpaired) electrons. The van der Waals surface area contributed by atoms with Crippen molar-refractivity contribution in [2.24, 2.45) is 0 Å². The van der Waals surface area contributed by atoms with Gasteiger partial charge in [0.25, 0.3) is 0 Å². The number of likely N-dealkylation sites (N-methyl/N-ethyl adjacent to an activating group) is 1. The number of esters is 1. The summed E-state index contributed by atoms with van der Waals surface area (Å²) in [5.74, 6) is -0.198. The quantitative estimate of drug-likeness (QED) is 0.470. The minimum absolute atomic E-state index is 0.0351. The number of ether oxygens (including phenoxy) is 1. The fourth-order valence-electron chi connectivity index (χ4n) is 2.37. The topological polar surface area (TPSA) is 70.7 Å². The molecule has 1 aliphatic rings. The van der Waals surface area contributed by atoms with Gasteiger partial charge >= 0.3 is 5.97 Å². The van der Waals surface area contributed by atoms with E-state index in [1.165, 1.54) is 7.11 Å². The molecule has 0 aliphatic carbocycles. The summed E-state index contributed by atoms with van der Waals surface area (Å²) in [7, 11) is 3.31. The van der Waals surface area contributed by atoms with Crippen LogP contribution >= 0.6 is 0 Å². The molecule has 0 aromatic carbocycles. The first kappa shape index (κ1) is 15.9. The van der Waals surface area contributed by atoms with Gasteiger partial charge in [0.05, 0.1) is 13.7 Å². The number of methoxy groups -OCH3 is 1. The Morgan fingerprint density at radius 2 is 2.21 bits per heavy atom. The van der Waals surface area contributed by atoms with E-state index >= 15 is 0 Å². The molecule has 0 bridgehead atoms. The van der Waals surface area contributed by atoms with Crippen molar-refractivity contribution in [1.29, 1.82) is 0 Å². The average molecular weight is 271 g/mol. The maximum absolute atomic E-state index is 11.8. The molecule has 1 saturated heterocycles. The zero-order valence-electron chi connectivity index (χ0n) is 11.9. The lowest BCUT2D eigenvalue weighted by Crippen LogP contribution is -2.43. The van der Waals surface area contributed by atoms with Crippen molar-refractivity contribution < 1.29 is 14.3 Å². The number of likely N-dealkylation sites (tertiary alicyclic amines) is 1. The summed E-state index contributed by atoms with van der Waals surface area (Å²) >= 11 is 0. The smallest absolute Gasteiger partial charge is 0.305 e. The highest BCUT2D eigenvalue weighted by Gasteiger charge is 2.25. The van der Waals surface area contributed by atoms with Crippen LogP contribution < -0.4 is 10.6 Å². The third-order valence-corrected chi connectivity index (χ3v) is 3.39. The molecule has 1 unspecified atom stereocenters. The van der Waals surface area contributed by atoms with Gasteiger partial charge in [-0.25, -0.2) is 0 Å². The molecule has 1 aliphatic heterocycles. The highest BCUT2D eigenvalue weighted by Crippen LogP contribution is 2.15. The SMILES string of the molecule is CNCC1CCCN1CC(=O)NCCCC(=O)OC. The second-order valence-corrected chi connectivity index (χ2v) is 4.85. The van der Waals surface area contributed by atoms with Gasteiger partial charge in [-0.15, -0.1) is 0 Å². The number of hydrogen-bond donors (Lipinski definition) is 2. The molecule has 1 heterocycles. The van der Waals surface area contributed by atoms with Gasteiger partial charge in [-0.05, 0) is 32.9 Å². The molecule has 0 saturated carbocycles. The van der Waals surface area contributed by atoms with Crippen molar-refractivity contribution in [1.82, 2.24) is 15.5 Å². The van der Waals surface area contributed by atoms with Crippen molar-refractivity contribution in [3.63, 3.8) is 0 Å². The van der Waals surface area contributed by atoms with Crippen molar-refractivity contribution in [2.75, 3.05) is 40.3 Å². The van der Waals surface area contributed by atoms with Crippen molar-refractivity contribution in [3.8, 4) is 0 Å². The van der Waals surface area contributed by atoms with E-state index in [4.69, 9.17) is 0 Å². The van der Waals surface area contributed by atoms with Crippen LogP contribution in [0.2, 0.25) is 0 Å². The van der Waals surface area contributed by atoms with Gasteiger partial charge in [-0.2, -0.15) is 0 Å². The van der Waals surface area contributed by atoms with Crippen LogP contribution in [0.3, 0.4) is 0 Å². The Kier molecular flexibility index (Phi) is 7.43. The van der Waals surface area contributed by atoms with Crippen molar-refractivity contribution in [3.05, 3.63) is 0 Å². The van der Waals surface area contributed by atoms with Gasteiger partial charge in [0.2, 0.25) is 5.91 Å². The molecule has 1 rings (SSSR count). The second-order valence-electron chi connectivity index (χ2n) is 4.85. The van der Waals surface area contributed by atoms with Crippen LogP contribution in [0, 0.1) is 0 Å². The van der Waals surface area contributed by atoms with Crippen molar-refractivity contribution >= 4 is 11.9 Å². The molecule has 6 heteroatoms. The summed E-state index contributed by atoms with van der Waals surface area (Å²) < 4.78 is 4.54. The highest BCUT2D eigenvalue weighted by molar-refractivity contribution is 5.78. The lowest BCUT2D eigenvalue weighted by molar-refractivity contribution is -0.140. The van der Waals surface area contributed by atoms with E-state index in [1.807, 2.05) is 7.05 Å². The Bertz CT molecular complexity index is 297. The number of carbonyl (C=O) groups is 2. The zero-order chi connectivity index (χ0) is 14.1. The van der Waals surface area contributed by atoms with Crippen LogP contribution in [-0.4, -0.2) is 63.2 Å². The molecule has 1 fully saturated rings. The van der Waals surface area contributed by atoms with Gasteiger partial charge in [-0.1, -0.05) is 0 Å². The van der Waals surface area contributed by atoms with E-state index in [0.29, 0.717) is 32.0 Å². The highest BCUT2D eigenvalue weighted by atomic mass is 16.5. The zero-order valence-corrected chi connectivity index (χ0v) is 11.9. The minimum Gasteiger partial charge on any atom is -0.469 e. The molecule has 6 nitrogen and oxygen atoms in total. The summed E-state index contributed by atoms with van der Waals surface area (Å²) in [6.45, 7) is 2.89. The van der Waals surface area contributed by atoms with Crippen LogP contribution in [0.4, 0.5) is 0 Å². The van der Waals surface area contributed by atoms with E-state index in [1.54, 1.807) is 0 Å². The fraction of sp³-hybridized carbons (Fsp3) is 0.846. The predicted molar refractivity (Wildman–Crippen MR) is 72.8 cm³/mol. The Morgan fingerprint density at radius 1 is 1.42 bits per heavy atom. The molecule has 1 atom stereocenters. The second kappa shape index (κ2) is 8.87. The van der Waals surface area contributed by atoms with E-state index < -0.39 is 0 Å². The van der Waals surface area contributed by atoms with Crippen molar-refractivity contribution in [2.45, 2.75) is 31.7 Å². The summed E-state index contributed by atoms with van der Waals surface area (Å²) in [6, 6.07) is 0.464. The number of nitrogens with one attached hydrogen (secondary N) is 2. The molecule has 1 amide bonds. The number of hydrogen-bond acceptors (Lipinski definition) is 5. The first-order valence-electron chi connectivity index (χ1n) is 6.89. The first-order chi connectivity index (χ1) is 9.17. The molecule has 0 aromatic heterocycles. The largest absolute Gasteiger partial charge is 0.469 e. The van der Waals surface area contributed by atoms with Crippen LogP contribution in [0.25, 0.3) is 0 Å². The average Bonchev–Trinajstić information content (AvgIpc) is 2.82. The number of rotatable bonds is 8. The molecule has 2 N–H and O–H groups in total. The summed E-state index contributed by atoms with van der Waals surface area (Å²) in [6.07, 6.45) is 3.28. The van der Waals surface area contributed by atoms with Gasteiger partial charge in [0, 0.05) is 25.6 Å². The van der Waals surface area contributed by atoms with Crippen LogP contribution in [0.5, 0.6) is 0 Å². The predicted octanol–water partition coefficient (Wildman–Crippen LogP) is -0.260. The molecular formula is C13H25N3O3. The lowest BCUT2D eigenvalue weighted by atomic mass is 10.2. The summed E-state index contributed by atoms with van der Waals surface area (Å²) in [5, 5.41) is 6.00. The number of carbonyl (C=O) groups excluding carboxylic acids is 2.